The van der Waals surface area contributed by atoms with Crippen LogP contribution in [0.4, 0.5) is 5.69 Å². The van der Waals surface area contributed by atoms with Crippen LogP contribution in [0.3, 0.4) is 0 Å². The largest absolute Gasteiger partial charge is 0.371 e. The van der Waals surface area contributed by atoms with Gasteiger partial charge in [0, 0.05) is 23.2 Å². The lowest BCUT2D eigenvalue weighted by Crippen LogP contribution is -2.38. The summed E-state index contributed by atoms with van der Waals surface area (Å²) in [6.45, 7) is 6.77. The van der Waals surface area contributed by atoms with E-state index in [-0.39, 0.29) is 0 Å². The summed E-state index contributed by atoms with van der Waals surface area (Å²) in [5, 5.41) is 9.00. The van der Waals surface area contributed by atoms with E-state index < -0.39 is 0 Å². The number of rotatable bonds is 1. The summed E-state index contributed by atoms with van der Waals surface area (Å²) >= 11 is 3.47. The fraction of sp³-hybridized carbons (Fsp3) is 0.500. The third kappa shape index (κ3) is 3.01. The number of piperidine rings is 1. The topological polar surface area (TPSA) is 27.0 Å². The standard InChI is InChI=1S/C14H17BrN2/c1-10-3-11(2)9-17(8-10)14-5-12(7-16)4-13(15)6-14/h4-6,10-11H,3,8-9H2,1-2H3. The highest BCUT2D eigenvalue weighted by atomic mass is 79.9. The highest BCUT2D eigenvalue weighted by Gasteiger charge is 2.22. The number of halogens is 1. The van der Waals surface area contributed by atoms with Crippen LogP contribution in [0.5, 0.6) is 0 Å². The first kappa shape index (κ1) is 12.4. The van der Waals surface area contributed by atoms with Crippen molar-refractivity contribution in [1.82, 2.24) is 0 Å². The smallest absolute Gasteiger partial charge is 0.0992 e. The van der Waals surface area contributed by atoms with Crippen molar-refractivity contribution in [3.63, 3.8) is 0 Å². The van der Waals surface area contributed by atoms with E-state index in [4.69, 9.17) is 5.26 Å². The maximum absolute atomic E-state index is 9.00. The van der Waals surface area contributed by atoms with Gasteiger partial charge in [0.25, 0.3) is 0 Å². The van der Waals surface area contributed by atoms with E-state index in [1.165, 1.54) is 6.42 Å². The van der Waals surface area contributed by atoms with E-state index in [9.17, 15) is 0 Å². The molecular formula is C14H17BrN2. The van der Waals surface area contributed by atoms with Gasteiger partial charge in [0.1, 0.15) is 0 Å². The Labute approximate surface area is 111 Å². The first-order valence-electron chi connectivity index (χ1n) is 6.04. The third-order valence-corrected chi connectivity index (χ3v) is 3.70. The molecule has 0 aliphatic carbocycles. The minimum Gasteiger partial charge on any atom is -0.371 e. The van der Waals surface area contributed by atoms with Crippen LogP contribution in [0, 0.1) is 23.2 Å². The molecule has 0 saturated carbocycles. The van der Waals surface area contributed by atoms with Crippen LogP contribution in [0.1, 0.15) is 25.8 Å². The van der Waals surface area contributed by atoms with Gasteiger partial charge in [0.2, 0.25) is 0 Å². The van der Waals surface area contributed by atoms with Gasteiger partial charge in [0.15, 0.2) is 0 Å². The van der Waals surface area contributed by atoms with Crippen molar-refractivity contribution >= 4 is 21.6 Å². The van der Waals surface area contributed by atoms with Crippen LogP contribution in [-0.2, 0) is 0 Å². The molecule has 1 aromatic carbocycles. The van der Waals surface area contributed by atoms with Gasteiger partial charge in [-0.15, -0.1) is 0 Å². The van der Waals surface area contributed by atoms with Crippen molar-refractivity contribution in [2.75, 3.05) is 18.0 Å². The molecule has 1 aromatic rings. The van der Waals surface area contributed by atoms with Gasteiger partial charge >= 0.3 is 0 Å². The molecule has 2 atom stereocenters. The predicted molar refractivity (Wildman–Crippen MR) is 74.0 cm³/mol. The number of nitriles is 1. The van der Waals surface area contributed by atoms with Gasteiger partial charge in [-0.25, -0.2) is 0 Å². The average Bonchev–Trinajstić information content (AvgIpc) is 2.26. The minimum absolute atomic E-state index is 0.722. The van der Waals surface area contributed by atoms with Crippen molar-refractivity contribution in [3.8, 4) is 6.07 Å². The van der Waals surface area contributed by atoms with Crippen LogP contribution >= 0.6 is 15.9 Å². The second-order valence-corrected chi connectivity index (χ2v) is 6.08. The van der Waals surface area contributed by atoms with Crippen molar-refractivity contribution in [1.29, 1.82) is 5.26 Å². The van der Waals surface area contributed by atoms with E-state index in [0.717, 1.165) is 40.6 Å². The van der Waals surface area contributed by atoms with Crippen LogP contribution < -0.4 is 4.90 Å². The zero-order valence-electron chi connectivity index (χ0n) is 10.3. The van der Waals surface area contributed by atoms with Crippen molar-refractivity contribution in [3.05, 3.63) is 28.2 Å². The molecule has 0 spiro atoms. The van der Waals surface area contributed by atoms with Gasteiger partial charge in [-0.05, 0) is 36.5 Å². The normalized spacial score (nSPS) is 24.5. The summed E-state index contributed by atoms with van der Waals surface area (Å²) in [4.78, 5) is 2.39. The Morgan fingerprint density at radius 1 is 1.24 bits per heavy atom. The molecule has 1 aliphatic rings. The first-order valence-corrected chi connectivity index (χ1v) is 6.83. The molecule has 2 unspecified atom stereocenters. The highest BCUT2D eigenvalue weighted by Crippen LogP contribution is 2.29. The van der Waals surface area contributed by atoms with Crippen molar-refractivity contribution in [2.45, 2.75) is 20.3 Å². The Kier molecular flexibility index (Phi) is 3.73. The maximum atomic E-state index is 9.00. The number of nitrogens with zero attached hydrogens (tertiary/aromatic N) is 2. The SMILES string of the molecule is CC1CC(C)CN(c2cc(Br)cc(C#N)c2)C1. The van der Waals surface area contributed by atoms with Gasteiger partial charge in [-0.2, -0.15) is 5.26 Å². The van der Waals surface area contributed by atoms with Gasteiger partial charge in [0.05, 0.1) is 11.6 Å². The molecular weight excluding hydrogens is 276 g/mol. The van der Waals surface area contributed by atoms with Crippen LogP contribution in [0.2, 0.25) is 0 Å². The molecule has 90 valence electrons. The Morgan fingerprint density at radius 3 is 2.47 bits per heavy atom. The number of hydrogen-bond donors (Lipinski definition) is 0. The molecule has 1 heterocycles. The molecule has 2 rings (SSSR count). The Balaban J connectivity index is 2.27. The molecule has 0 bridgehead atoms. The van der Waals surface area contributed by atoms with Crippen LogP contribution in [0.25, 0.3) is 0 Å². The molecule has 17 heavy (non-hydrogen) atoms. The monoisotopic (exact) mass is 292 g/mol. The van der Waals surface area contributed by atoms with Crippen molar-refractivity contribution < 1.29 is 0 Å². The molecule has 2 nitrogen and oxygen atoms in total. The molecule has 1 aliphatic heterocycles. The molecule has 1 saturated heterocycles. The fourth-order valence-electron chi connectivity index (χ4n) is 2.70. The summed E-state index contributed by atoms with van der Waals surface area (Å²) in [5.41, 5.74) is 1.88. The third-order valence-electron chi connectivity index (χ3n) is 3.25. The summed E-state index contributed by atoms with van der Waals surface area (Å²) < 4.78 is 0.984. The first-order chi connectivity index (χ1) is 8.08. The number of hydrogen-bond acceptors (Lipinski definition) is 2. The Hall–Kier alpha value is -1.01. The molecule has 0 amide bonds. The molecule has 1 fully saturated rings. The second kappa shape index (κ2) is 5.10. The van der Waals surface area contributed by atoms with E-state index in [1.54, 1.807) is 0 Å². The van der Waals surface area contributed by atoms with E-state index in [0.29, 0.717) is 0 Å². The Bertz CT molecular complexity index is 440. The summed E-state index contributed by atoms with van der Waals surface area (Å²) in [7, 11) is 0. The van der Waals surface area contributed by atoms with E-state index in [1.807, 2.05) is 12.1 Å². The maximum Gasteiger partial charge on any atom is 0.0992 e. The van der Waals surface area contributed by atoms with E-state index in [2.05, 4.69) is 46.8 Å². The van der Waals surface area contributed by atoms with Crippen LogP contribution in [-0.4, -0.2) is 13.1 Å². The van der Waals surface area contributed by atoms with Gasteiger partial charge < -0.3 is 4.90 Å². The zero-order chi connectivity index (χ0) is 12.4. The fourth-order valence-corrected chi connectivity index (χ4v) is 3.18. The quantitative estimate of drug-likeness (QED) is 0.787. The lowest BCUT2D eigenvalue weighted by molar-refractivity contribution is 0.357. The lowest BCUT2D eigenvalue weighted by atomic mass is 9.91. The Morgan fingerprint density at radius 2 is 1.88 bits per heavy atom. The molecule has 0 radical (unpaired) electrons. The molecule has 3 heteroatoms. The van der Waals surface area contributed by atoms with Crippen molar-refractivity contribution in [2.24, 2.45) is 11.8 Å². The average molecular weight is 293 g/mol. The summed E-state index contributed by atoms with van der Waals surface area (Å²) in [5.74, 6) is 1.45. The van der Waals surface area contributed by atoms with Gasteiger partial charge in [-0.1, -0.05) is 29.8 Å². The number of benzene rings is 1. The highest BCUT2D eigenvalue weighted by molar-refractivity contribution is 9.10. The summed E-state index contributed by atoms with van der Waals surface area (Å²) in [6.07, 6.45) is 1.30. The molecule has 0 aromatic heterocycles. The van der Waals surface area contributed by atoms with Crippen LogP contribution in [0.15, 0.2) is 22.7 Å². The zero-order valence-corrected chi connectivity index (χ0v) is 11.9. The molecule has 0 N–H and O–H groups in total. The second-order valence-electron chi connectivity index (χ2n) is 5.16. The predicted octanol–water partition coefficient (Wildman–Crippen LogP) is 3.80. The van der Waals surface area contributed by atoms with E-state index >= 15 is 0 Å². The minimum atomic E-state index is 0.722. The van der Waals surface area contributed by atoms with Gasteiger partial charge in [-0.3, -0.25) is 0 Å². The number of anilines is 1. The lowest BCUT2D eigenvalue weighted by Gasteiger charge is -2.36. The summed E-state index contributed by atoms with van der Waals surface area (Å²) in [6, 6.07) is 8.16.